The third kappa shape index (κ3) is 3.87. The molecule has 3 aromatic carbocycles. The molecule has 0 aromatic heterocycles. The molecular formula is C30H29NO8. The van der Waals surface area contributed by atoms with Crippen molar-refractivity contribution in [1.82, 2.24) is 4.90 Å². The van der Waals surface area contributed by atoms with Crippen LogP contribution >= 0.6 is 0 Å². The molecule has 6 rings (SSSR count). The van der Waals surface area contributed by atoms with Crippen molar-refractivity contribution in [3.05, 3.63) is 82.4 Å². The highest BCUT2D eigenvalue weighted by Gasteiger charge is 2.59. The standard InChI is InChI=1S/C30H29NO8/c1-4-36-28(32)25-20(10-11-22-26(25)38-17-37-22)16-30-21-15-24(35-3)23(34-2)14-19(21)12-13-31(30)27(39-29(30)33)18-8-6-5-7-9-18/h5-11,14-15,27H,4,12-13,16-17H2,1-3H3. The van der Waals surface area contributed by atoms with Gasteiger partial charge in [-0.25, -0.2) is 14.5 Å². The first-order valence-electron chi connectivity index (χ1n) is 12.9. The van der Waals surface area contributed by atoms with Gasteiger partial charge >= 0.3 is 11.9 Å². The van der Waals surface area contributed by atoms with Crippen LogP contribution in [-0.4, -0.2) is 51.0 Å². The molecule has 0 amide bonds. The molecule has 0 N–H and O–H groups in total. The highest BCUT2D eigenvalue weighted by atomic mass is 16.7. The fraction of sp³-hybridized carbons (Fsp3) is 0.333. The number of carbonyl (C=O) groups excluding carboxylic acids is 2. The highest BCUT2D eigenvalue weighted by Crippen LogP contribution is 2.52. The van der Waals surface area contributed by atoms with E-state index < -0.39 is 23.7 Å². The van der Waals surface area contributed by atoms with Crippen LogP contribution < -0.4 is 18.9 Å². The molecule has 0 aliphatic carbocycles. The molecule has 1 fully saturated rings. The smallest absolute Gasteiger partial charge is 0.342 e. The van der Waals surface area contributed by atoms with Gasteiger partial charge in [0.1, 0.15) is 5.56 Å². The Morgan fingerprint density at radius 1 is 1.05 bits per heavy atom. The Balaban J connectivity index is 1.56. The second-order valence-corrected chi connectivity index (χ2v) is 9.57. The van der Waals surface area contributed by atoms with Gasteiger partial charge < -0.3 is 28.4 Å². The molecule has 3 aliphatic heterocycles. The Bertz CT molecular complexity index is 1440. The predicted molar refractivity (Wildman–Crippen MR) is 139 cm³/mol. The molecule has 2 atom stereocenters. The molecule has 9 heteroatoms. The molecule has 3 aromatic rings. The maximum absolute atomic E-state index is 14.2. The van der Waals surface area contributed by atoms with E-state index in [9.17, 15) is 9.59 Å². The van der Waals surface area contributed by atoms with Crippen LogP contribution in [0.2, 0.25) is 0 Å². The van der Waals surface area contributed by atoms with E-state index in [1.54, 1.807) is 33.3 Å². The van der Waals surface area contributed by atoms with Gasteiger partial charge in [0.25, 0.3) is 0 Å². The first-order chi connectivity index (χ1) is 19.0. The van der Waals surface area contributed by atoms with Crippen molar-refractivity contribution in [3.8, 4) is 23.0 Å². The van der Waals surface area contributed by atoms with Crippen molar-refractivity contribution in [2.45, 2.75) is 31.5 Å². The van der Waals surface area contributed by atoms with Crippen LogP contribution in [0.4, 0.5) is 0 Å². The summed E-state index contributed by atoms with van der Waals surface area (Å²) < 4.78 is 34.0. The molecular weight excluding hydrogens is 502 g/mol. The SMILES string of the molecule is CCOC(=O)c1c(CC23C(=O)OC(c4ccccc4)N2CCc2cc(OC)c(OC)cc23)ccc2c1OCO2. The Morgan fingerprint density at radius 3 is 2.56 bits per heavy atom. The van der Waals surface area contributed by atoms with Crippen molar-refractivity contribution in [3.63, 3.8) is 0 Å². The third-order valence-corrected chi connectivity index (χ3v) is 7.64. The lowest BCUT2D eigenvalue weighted by Crippen LogP contribution is -2.52. The number of benzene rings is 3. The molecule has 3 aliphatic rings. The number of methoxy groups -OCH3 is 2. The maximum Gasteiger partial charge on any atom is 0.342 e. The van der Waals surface area contributed by atoms with E-state index in [1.165, 1.54) is 0 Å². The Labute approximate surface area is 226 Å². The van der Waals surface area contributed by atoms with Gasteiger partial charge in [-0.2, -0.15) is 0 Å². The molecule has 39 heavy (non-hydrogen) atoms. The monoisotopic (exact) mass is 531 g/mol. The highest BCUT2D eigenvalue weighted by molar-refractivity contribution is 5.96. The zero-order chi connectivity index (χ0) is 27.1. The largest absolute Gasteiger partial charge is 0.493 e. The summed E-state index contributed by atoms with van der Waals surface area (Å²) in [6, 6.07) is 17.0. The third-order valence-electron chi connectivity index (χ3n) is 7.64. The predicted octanol–water partition coefficient (Wildman–Crippen LogP) is 4.16. The van der Waals surface area contributed by atoms with E-state index in [0.717, 1.165) is 16.7 Å². The van der Waals surface area contributed by atoms with Gasteiger partial charge in [0.05, 0.1) is 20.8 Å². The lowest BCUT2D eigenvalue weighted by molar-refractivity contribution is -0.146. The topological polar surface area (TPSA) is 92.8 Å². The molecule has 3 heterocycles. The van der Waals surface area contributed by atoms with Crippen molar-refractivity contribution in [2.24, 2.45) is 0 Å². The summed E-state index contributed by atoms with van der Waals surface area (Å²) in [5.74, 6) is 0.931. The fourth-order valence-electron chi connectivity index (χ4n) is 5.90. The number of nitrogens with zero attached hydrogens (tertiary/aromatic N) is 1. The first-order valence-corrected chi connectivity index (χ1v) is 12.9. The van der Waals surface area contributed by atoms with E-state index in [-0.39, 0.29) is 25.4 Å². The summed E-state index contributed by atoms with van der Waals surface area (Å²) in [7, 11) is 3.15. The summed E-state index contributed by atoms with van der Waals surface area (Å²) in [6.45, 7) is 2.49. The summed E-state index contributed by atoms with van der Waals surface area (Å²) in [6.07, 6.45) is 0.214. The summed E-state index contributed by atoms with van der Waals surface area (Å²) in [4.78, 5) is 29.5. The minimum Gasteiger partial charge on any atom is -0.493 e. The quantitative estimate of drug-likeness (QED) is 0.417. The van der Waals surface area contributed by atoms with Crippen LogP contribution in [-0.2, 0) is 32.6 Å². The van der Waals surface area contributed by atoms with Crippen molar-refractivity contribution < 1.29 is 38.0 Å². The minimum absolute atomic E-state index is 0.000406. The number of fused-ring (bicyclic) bond motifs is 4. The van der Waals surface area contributed by atoms with E-state index >= 15 is 0 Å². The molecule has 2 unspecified atom stereocenters. The van der Waals surface area contributed by atoms with Crippen LogP contribution in [0.15, 0.2) is 54.6 Å². The molecule has 0 bridgehead atoms. The summed E-state index contributed by atoms with van der Waals surface area (Å²) >= 11 is 0. The number of rotatable bonds is 7. The Morgan fingerprint density at radius 2 is 1.82 bits per heavy atom. The van der Waals surface area contributed by atoms with Gasteiger partial charge in [0.15, 0.2) is 34.8 Å². The summed E-state index contributed by atoms with van der Waals surface area (Å²) in [5, 5.41) is 0. The minimum atomic E-state index is -1.25. The lowest BCUT2D eigenvalue weighted by Gasteiger charge is -2.42. The maximum atomic E-state index is 14.2. The number of hydrogen-bond acceptors (Lipinski definition) is 9. The molecule has 9 nitrogen and oxygen atoms in total. The lowest BCUT2D eigenvalue weighted by atomic mass is 9.75. The van der Waals surface area contributed by atoms with Gasteiger partial charge in [-0.15, -0.1) is 0 Å². The Hall–Kier alpha value is -4.24. The van der Waals surface area contributed by atoms with Crippen molar-refractivity contribution in [2.75, 3.05) is 34.2 Å². The van der Waals surface area contributed by atoms with Gasteiger partial charge in [0, 0.05) is 18.5 Å². The molecule has 0 spiro atoms. The molecule has 202 valence electrons. The van der Waals surface area contributed by atoms with Gasteiger partial charge in [-0.3, -0.25) is 0 Å². The number of carbonyl (C=O) groups is 2. The second kappa shape index (κ2) is 9.81. The number of esters is 2. The van der Waals surface area contributed by atoms with Gasteiger partial charge in [0.2, 0.25) is 6.79 Å². The second-order valence-electron chi connectivity index (χ2n) is 9.57. The first kappa shape index (κ1) is 25.1. The zero-order valence-corrected chi connectivity index (χ0v) is 22.0. The van der Waals surface area contributed by atoms with Crippen molar-refractivity contribution in [1.29, 1.82) is 0 Å². The summed E-state index contributed by atoms with van der Waals surface area (Å²) in [5.41, 5.74) is 2.17. The number of cyclic esters (lactones) is 1. The van der Waals surface area contributed by atoms with E-state index in [2.05, 4.69) is 4.90 Å². The average molecular weight is 532 g/mol. The average Bonchev–Trinajstić information content (AvgIpc) is 3.55. The number of ether oxygens (including phenoxy) is 6. The van der Waals surface area contributed by atoms with Crippen LogP contribution in [0.3, 0.4) is 0 Å². The van der Waals surface area contributed by atoms with E-state index in [0.29, 0.717) is 41.5 Å². The molecule has 1 saturated heterocycles. The number of hydrogen-bond donors (Lipinski definition) is 0. The van der Waals surface area contributed by atoms with Crippen LogP contribution in [0.1, 0.15) is 45.8 Å². The zero-order valence-electron chi connectivity index (χ0n) is 22.0. The van der Waals surface area contributed by atoms with E-state index in [4.69, 9.17) is 28.4 Å². The van der Waals surface area contributed by atoms with E-state index in [1.807, 2.05) is 42.5 Å². The van der Waals surface area contributed by atoms with Crippen molar-refractivity contribution >= 4 is 11.9 Å². The van der Waals surface area contributed by atoms with Crippen LogP contribution in [0.5, 0.6) is 23.0 Å². The molecule has 0 saturated carbocycles. The fourth-order valence-corrected chi connectivity index (χ4v) is 5.90. The molecule has 0 radical (unpaired) electrons. The van der Waals surface area contributed by atoms with Gasteiger partial charge in [-0.05, 0) is 48.2 Å². The van der Waals surface area contributed by atoms with Crippen LogP contribution in [0, 0.1) is 0 Å². The van der Waals surface area contributed by atoms with Gasteiger partial charge in [-0.1, -0.05) is 36.4 Å². The Kier molecular flexibility index (Phi) is 6.31. The normalized spacial score (nSPS) is 21.1. The van der Waals surface area contributed by atoms with Crippen LogP contribution in [0.25, 0.3) is 0 Å².